The number of carbonyl (C=O) groups is 3. The minimum Gasteiger partial charge on any atom is -0.413 e. The maximum atomic E-state index is 14.8. The van der Waals surface area contributed by atoms with Crippen molar-refractivity contribution in [1.82, 2.24) is 9.80 Å². The summed E-state index contributed by atoms with van der Waals surface area (Å²) in [5, 5.41) is 11.7. The highest BCUT2D eigenvalue weighted by atomic mass is 16.6. The van der Waals surface area contributed by atoms with Gasteiger partial charge in [0, 0.05) is 19.2 Å². The number of carbonyl (C=O) groups excluding carboxylic acids is 3. The molecular formula is C30H38N4O9. The molecule has 2 N–H and O–H groups in total. The zero-order valence-electron chi connectivity index (χ0n) is 24.2. The van der Waals surface area contributed by atoms with Gasteiger partial charge >= 0.3 is 16.9 Å². The first-order chi connectivity index (χ1) is 20.7. The van der Waals surface area contributed by atoms with Gasteiger partial charge in [-0.25, -0.2) is 9.59 Å². The molecule has 1 aliphatic heterocycles. The minimum atomic E-state index is -1.52. The van der Waals surface area contributed by atoms with E-state index in [0.717, 1.165) is 69.9 Å². The average Bonchev–Trinajstić information content (AvgIpc) is 3.02. The zero-order chi connectivity index (χ0) is 30.7. The van der Waals surface area contributed by atoms with Crippen LogP contribution in [0.4, 0.5) is 5.69 Å². The number of primary amides is 1. The first kappa shape index (κ1) is 30.4. The van der Waals surface area contributed by atoms with Crippen LogP contribution in [-0.2, 0) is 9.59 Å². The van der Waals surface area contributed by atoms with Crippen LogP contribution in [0.25, 0.3) is 11.2 Å². The molecule has 0 spiro atoms. The summed E-state index contributed by atoms with van der Waals surface area (Å²) in [6.07, 6.45) is 10.5. The summed E-state index contributed by atoms with van der Waals surface area (Å²) in [7, 11) is 0. The number of hydrogen-bond acceptors (Lipinski definition) is 9. The number of fused-ring (bicyclic) bond motifs is 1. The van der Waals surface area contributed by atoms with Gasteiger partial charge in [-0.1, -0.05) is 38.5 Å². The molecule has 1 aromatic heterocycles. The first-order valence-electron chi connectivity index (χ1n) is 15.3. The number of benzene rings is 1. The Balaban J connectivity index is 1.73. The lowest BCUT2D eigenvalue weighted by Gasteiger charge is -2.53. The molecule has 1 aromatic carbocycles. The maximum absolute atomic E-state index is 14.8. The molecule has 3 aliphatic rings. The Morgan fingerprint density at radius 1 is 0.860 bits per heavy atom. The summed E-state index contributed by atoms with van der Waals surface area (Å²) >= 11 is 0. The van der Waals surface area contributed by atoms with Crippen molar-refractivity contribution in [2.45, 2.75) is 89.0 Å². The van der Waals surface area contributed by atoms with Crippen LogP contribution in [0.5, 0.6) is 0 Å². The summed E-state index contributed by atoms with van der Waals surface area (Å²) in [5.41, 5.74) is -0.362. The number of nitro benzene ring substituents is 1. The van der Waals surface area contributed by atoms with Crippen molar-refractivity contribution in [2.75, 3.05) is 19.6 Å². The Hall–Kier alpha value is -4.03. The maximum Gasteiger partial charge on any atom is 0.423 e. The Morgan fingerprint density at radius 3 is 1.88 bits per heavy atom. The molecular weight excluding hydrogens is 560 g/mol. The van der Waals surface area contributed by atoms with Gasteiger partial charge in [0.05, 0.1) is 10.5 Å². The van der Waals surface area contributed by atoms with E-state index < -0.39 is 56.9 Å². The van der Waals surface area contributed by atoms with Crippen LogP contribution in [0.2, 0.25) is 0 Å². The molecule has 2 saturated carbocycles. The van der Waals surface area contributed by atoms with Crippen LogP contribution < -0.4 is 17.0 Å². The van der Waals surface area contributed by atoms with Crippen LogP contribution in [0, 0.1) is 22.0 Å². The van der Waals surface area contributed by atoms with Crippen molar-refractivity contribution in [3.8, 4) is 0 Å². The van der Waals surface area contributed by atoms with Gasteiger partial charge in [-0.05, 0) is 62.8 Å². The summed E-state index contributed by atoms with van der Waals surface area (Å²) < 4.78 is 10.1. The van der Waals surface area contributed by atoms with Gasteiger partial charge in [-0.15, -0.1) is 0 Å². The van der Waals surface area contributed by atoms with Crippen molar-refractivity contribution in [2.24, 2.45) is 17.6 Å². The number of nitrogens with zero attached hydrogens (tertiary/aromatic N) is 3. The van der Waals surface area contributed by atoms with Gasteiger partial charge in [0.25, 0.3) is 11.5 Å². The molecule has 13 nitrogen and oxygen atoms in total. The fourth-order valence-corrected chi connectivity index (χ4v) is 7.62. The SMILES string of the molecule is NC(=O)C(C1CCCCC1)(C1CCCCC1)N(CC(=O)N1CCCCC1)C(=O)c1ccc([N+](=O)[O-])c2oc(=O)c(=O)oc12. The summed E-state index contributed by atoms with van der Waals surface area (Å²) in [6, 6.07) is 2.09. The van der Waals surface area contributed by atoms with E-state index in [4.69, 9.17) is 14.6 Å². The third-order valence-corrected chi connectivity index (χ3v) is 9.62. The number of piperidine rings is 1. The summed E-state index contributed by atoms with van der Waals surface area (Å²) in [4.78, 5) is 80.7. The fourth-order valence-electron chi connectivity index (χ4n) is 7.62. The molecule has 2 aliphatic carbocycles. The monoisotopic (exact) mass is 598 g/mol. The van der Waals surface area contributed by atoms with E-state index in [2.05, 4.69) is 0 Å². The van der Waals surface area contributed by atoms with Crippen LogP contribution >= 0.6 is 0 Å². The molecule has 13 heteroatoms. The van der Waals surface area contributed by atoms with E-state index in [1.165, 1.54) is 4.90 Å². The minimum absolute atomic E-state index is 0.311. The van der Waals surface area contributed by atoms with E-state index in [0.29, 0.717) is 38.8 Å². The quantitative estimate of drug-likeness (QED) is 0.269. The number of rotatable bonds is 8. The normalized spacial score (nSPS) is 18.8. The third-order valence-electron chi connectivity index (χ3n) is 9.62. The topological polar surface area (TPSA) is 187 Å². The van der Waals surface area contributed by atoms with Crippen molar-refractivity contribution in [1.29, 1.82) is 0 Å². The van der Waals surface area contributed by atoms with Gasteiger partial charge in [0.15, 0.2) is 5.58 Å². The lowest BCUT2D eigenvalue weighted by atomic mass is 9.62. The lowest BCUT2D eigenvalue weighted by molar-refractivity contribution is -0.383. The van der Waals surface area contributed by atoms with Crippen molar-refractivity contribution in [3.63, 3.8) is 0 Å². The van der Waals surface area contributed by atoms with Crippen molar-refractivity contribution < 1.29 is 28.1 Å². The standard InChI is InChI=1S/C30H38N4O9/c31-29(39)30(19-10-4-1-5-11-19,20-12-6-2-7-13-20)33(18-23(35)32-16-8-3-9-17-32)26(36)21-14-15-22(34(40)41)25-24(21)42-27(37)28(38)43-25/h14-15,19-20H,1-13,16-18H2,(H2,31,39). The van der Waals surface area contributed by atoms with Gasteiger partial charge in [0.2, 0.25) is 11.8 Å². The van der Waals surface area contributed by atoms with Gasteiger partial charge in [-0.2, -0.15) is 0 Å². The second-order valence-corrected chi connectivity index (χ2v) is 12.0. The second-order valence-electron chi connectivity index (χ2n) is 12.0. The van der Waals surface area contributed by atoms with Crippen molar-refractivity contribution in [3.05, 3.63) is 48.7 Å². The van der Waals surface area contributed by atoms with Crippen LogP contribution in [0.1, 0.15) is 93.8 Å². The highest BCUT2D eigenvalue weighted by Gasteiger charge is 2.57. The van der Waals surface area contributed by atoms with E-state index in [1.54, 1.807) is 4.90 Å². The molecule has 1 saturated heterocycles. The fraction of sp³-hybridized carbons (Fsp3) is 0.633. The smallest absolute Gasteiger partial charge is 0.413 e. The predicted molar refractivity (Wildman–Crippen MR) is 154 cm³/mol. The van der Waals surface area contributed by atoms with E-state index in [9.17, 15) is 34.1 Å². The van der Waals surface area contributed by atoms with E-state index >= 15 is 0 Å². The highest BCUT2D eigenvalue weighted by Crippen LogP contribution is 2.47. The van der Waals surface area contributed by atoms with E-state index in [1.807, 2.05) is 0 Å². The first-order valence-corrected chi connectivity index (χ1v) is 15.3. The summed E-state index contributed by atoms with van der Waals surface area (Å²) in [5.74, 6) is -2.48. The number of amides is 3. The zero-order valence-corrected chi connectivity index (χ0v) is 24.2. The lowest BCUT2D eigenvalue weighted by Crippen LogP contribution is -2.69. The molecule has 43 heavy (non-hydrogen) atoms. The second kappa shape index (κ2) is 12.7. The molecule has 0 bridgehead atoms. The molecule has 0 unspecified atom stereocenters. The number of nitrogens with two attached hydrogens (primary N) is 1. The van der Waals surface area contributed by atoms with Crippen LogP contribution in [-0.4, -0.2) is 57.6 Å². The Labute approximate surface area is 247 Å². The molecule has 0 radical (unpaired) electrons. The molecule has 3 amide bonds. The number of likely N-dealkylation sites (tertiary alicyclic amines) is 1. The molecule has 2 heterocycles. The number of hydrogen-bond donors (Lipinski definition) is 1. The van der Waals surface area contributed by atoms with Gasteiger partial charge in [0.1, 0.15) is 12.1 Å². The Kier molecular flexibility index (Phi) is 8.97. The Morgan fingerprint density at radius 2 is 1.37 bits per heavy atom. The van der Waals surface area contributed by atoms with E-state index in [-0.39, 0.29) is 23.3 Å². The third kappa shape index (κ3) is 5.68. The number of non-ortho nitro benzene ring substituents is 1. The molecule has 232 valence electrons. The highest BCUT2D eigenvalue weighted by molar-refractivity contribution is 6.08. The van der Waals surface area contributed by atoms with Crippen LogP contribution in [0.15, 0.2) is 30.6 Å². The predicted octanol–water partition coefficient (Wildman–Crippen LogP) is 3.49. The average molecular weight is 599 g/mol. The van der Waals surface area contributed by atoms with Gasteiger partial charge in [-0.3, -0.25) is 24.5 Å². The largest absolute Gasteiger partial charge is 0.423 e. The number of nitro groups is 1. The molecule has 3 fully saturated rings. The van der Waals surface area contributed by atoms with Crippen molar-refractivity contribution >= 4 is 34.6 Å². The molecule has 5 rings (SSSR count). The Bertz CT molecular complexity index is 1490. The summed E-state index contributed by atoms with van der Waals surface area (Å²) in [6.45, 7) is 0.615. The molecule has 2 aromatic rings. The van der Waals surface area contributed by atoms with Gasteiger partial charge < -0.3 is 24.4 Å². The molecule has 0 atom stereocenters. The van der Waals surface area contributed by atoms with Crippen LogP contribution in [0.3, 0.4) is 0 Å².